The molecule has 5 fully saturated rings. The maximum atomic E-state index is 13.2. The number of nitrogens with zero attached hydrogens (tertiary/aromatic N) is 3. The molecule has 1 N–H and O–H groups in total. The van der Waals surface area contributed by atoms with Crippen LogP contribution in [0.2, 0.25) is 0 Å². The van der Waals surface area contributed by atoms with E-state index in [1.165, 1.54) is 38.5 Å². The summed E-state index contributed by atoms with van der Waals surface area (Å²) >= 11 is 0. The van der Waals surface area contributed by atoms with E-state index >= 15 is 0 Å². The van der Waals surface area contributed by atoms with E-state index in [0.29, 0.717) is 30.1 Å². The minimum Gasteiger partial charge on any atom is -0.389 e. The molecule has 6 rings (SSSR count). The molecule has 1 unspecified atom stereocenters. The molecule has 5 heteroatoms. The lowest BCUT2D eigenvalue weighted by molar-refractivity contribution is -0.132. The predicted molar refractivity (Wildman–Crippen MR) is 109 cm³/mol. The minimum atomic E-state index is -0.317. The number of fused-ring (bicyclic) bond motifs is 7. The molecule has 1 aromatic rings. The van der Waals surface area contributed by atoms with Gasteiger partial charge in [-0.15, -0.1) is 0 Å². The highest BCUT2D eigenvalue weighted by Gasteiger charge is 2.69. The maximum absolute atomic E-state index is 13.2. The monoisotopic (exact) mass is 397 g/mol. The Hall–Kier alpha value is -1.23. The van der Waals surface area contributed by atoms with Crippen LogP contribution >= 0.6 is 0 Å². The highest BCUT2D eigenvalue weighted by molar-refractivity contribution is 5.81. The first-order valence-corrected chi connectivity index (χ1v) is 12.0. The van der Waals surface area contributed by atoms with Gasteiger partial charge in [0, 0.05) is 5.92 Å². The van der Waals surface area contributed by atoms with Crippen molar-refractivity contribution in [1.29, 1.82) is 0 Å². The fraction of sp³-hybridized carbons (Fsp3) is 0.875. The topological polar surface area (TPSA) is 68.0 Å². The number of carbonyl (C=O) groups excluding carboxylic acids is 1. The standard InChI is InChI=1S/C24H35N3O2/c1-14-22-18-4-3-17-15(16(18)8-10-24(14,22)29)7-9-23(2)19(17)5-6-20(23)21(28)13-27-25-11-12-26-27/h11-12,14-20,22,29H,3-10,13H2,1-2H3/t14-,15-,16-,17-,18-,19+,20-,22?,23+,24+/m1/s1. The molecule has 0 aromatic carbocycles. The minimum absolute atomic E-state index is 0.167. The van der Waals surface area contributed by atoms with Crippen LogP contribution in [0.25, 0.3) is 0 Å². The Bertz CT molecular complexity index is 809. The molecule has 1 heterocycles. The molecule has 0 bridgehead atoms. The third-order valence-electron chi connectivity index (χ3n) is 10.7. The van der Waals surface area contributed by atoms with Crippen molar-refractivity contribution < 1.29 is 9.90 Å². The third kappa shape index (κ3) is 2.46. The average Bonchev–Trinajstić information content (AvgIpc) is 3.08. The van der Waals surface area contributed by atoms with Crippen LogP contribution in [0.1, 0.15) is 65.2 Å². The molecule has 1 aromatic heterocycles. The summed E-state index contributed by atoms with van der Waals surface area (Å²) in [6, 6.07) is 0. The smallest absolute Gasteiger partial charge is 0.159 e. The van der Waals surface area contributed by atoms with E-state index < -0.39 is 0 Å². The van der Waals surface area contributed by atoms with E-state index in [1.54, 1.807) is 17.2 Å². The second kappa shape index (κ2) is 6.15. The van der Waals surface area contributed by atoms with Crippen LogP contribution < -0.4 is 0 Å². The van der Waals surface area contributed by atoms with Crippen molar-refractivity contribution in [1.82, 2.24) is 15.0 Å². The van der Waals surface area contributed by atoms with Crippen molar-refractivity contribution in [3.8, 4) is 0 Å². The van der Waals surface area contributed by atoms with Crippen LogP contribution in [0, 0.1) is 52.8 Å². The van der Waals surface area contributed by atoms with Gasteiger partial charge in [0.05, 0.1) is 18.0 Å². The first kappa shape index (κ1) is 18.5. The van der Waals surface area contributed by atoms with Gasteiger partial charge in [-0.2, -0.15) is 15.0 Å². The van der Waals surface area contributed by atoms with E-state index in [2.05, 4.69) is 24.0 Å². The largest absolute Gasteiger partial charge is 0.389 e. The Morgan fingerprint density at radius 1 is 1.00 bits per heavy atom. The second-order valence-electron chi connectivity index (χ2n) is 11.4. The molecule has 0 spiro atoms. The molecule has 0 aliphatic heterocycles. The molecule has 5 aliphatic carbocycles. The number of hydrogen-bond acceptors (Lipinski definition) is 4. The zero-order valence-electron chi connectivity index (χ0n) is 17.8. The highest BCUT2D eigenvalue weighted by Crippen LogP contribution is 2.70. The predicted octanol–water partition coefficient (Wildman–Crippen LogP) is 3.72. The molecule has 5 saturated carbocycles. The molecule has 5 aliphatic rings. The lowest BCUT2D eigenvalue weighted by Crippen LogP contribution is -2.50. The zero-order chi connectivity index (χ0) is 20.0. The van der Waals surface area contributed by atoms with Crippen molar-refractivity contribution in [3.05, 3.63) is 12.4 Å². The van der Waals surface area contributed by atoms with Gasteiger partial charge in [0.15, 0.2) is 5.78 Å². The van der Waals surface area contributed by atoms with Gasteiger partial charge in [-0.25, -0.2) is 0 Å². The summed E-state index contributed by atoms with van der Waals surface area (Å²) in [7, 11) is 0. The highest BCUT2D eigenvalue weighted by atomic mass is 16.3. The van der Waals surface area contributed by atoms with E-state index in [1.807, 2.05) is 0 Å². The normalized spacial score (nSPS) is 52.8. The van der Waals surface area contributed by atoms with Crippen molar-refractivity contribution in [3.63, 3.8) is 0 Å². The van der Waals surface area contributed by atoms with Gasteiger partial charge in [-0.1, -0.05) is 13.8 Å². The molecule has 158 valence electrons. The average molecular weight is 398 g/mol. The van der Waals surface area contributed by atoms with Gasteiger partial charge in [0.1, 0.15) is 6.54 Å². The van der Waals surface area contributed by atoms with Crippen LogP contribution in [0.5, 0.6) is 0 Å². The summed E-state index contributed by atoms with van der Waals surface area (Å²) < 4.78 is 0. The molecule has 10 atom stereocenters. The SMILES string of the molecule is C[C@@H]1C2[C@@H]3CC[C@@H]4[C@H](CC[C@]5(C)[C@@H](C(=O)Cn6nccn6)CC[C@@H]45)[C@H]3CC[C@@]21O. The Morgan fingerprint density at radius 3 is 2.48 bits per heavy atom. The number of hydrogen-bond donors (Lipinski definition) is 1. The second-order valence-corrected chi connectivity index (χ2v) is 11.4. The van der Waals surface area contributed by atoms with E-state index in [-0.39, 0.29) is 16.9 Å². The van der Waals surface area contributed by atoms with Gasteiger partial charge in [-0.05, 0) is 98.2 Å². The van der Waals surface area contributed by atoms with Crippen molar-refractivity contribution in [2.45, 2.75) is 77.4 Å². The van der Waals surface area contributed by atoms with Crippen molar-refractivity contribution in [2.24, 2.45) is 52.8 Å². The molecule has 5 nitrogen and oxygen atoms in total. The van der Waals surface area contributed by atoms with Crippen molar-refractivity contribution in [2.75, 3.05) is 0 Å². The lowest BCUT2D eigenvalue weighted by atomic mass is 9.49. The van der Waals surface area contributed by atoms with E-state index in [0.717, 1.165) is 36.5 Å². The Morgan fingerprint density at radius 2 is 1.69 bits per heavy atom. The fourth-order valence-electron chi connectivity index (χ4n) is 9.34. The van der Waals surface area contributed by atoms with Gasteiger partial charge in [-0.3, -0.25) is 4.79 Å². The molecule has 29 heavy (non-hydrogen) atoms. The van der Waals surface area contributed by atoms with Crippen LogP contribution in [-0.4, -0.2) is 31.5 Å². The summed E-state index contributed by atoms with van der Waals surface area (Å²) in [5, 5.41) is 19.2. The van der Waals surface area contributed by atoms with Crippen LogP contribution in [0.4, 0.5) is 0 Å². The number of carbonyl (C=O) groups is 1. The first-order valence-electron chi connectivity index (χ1n) is 12.0. The van der Waals surface area contributed by atoms with Gasteiger partial charge in [0.25, 0.3) is 0 Å². The molecular formula is C24H35N3O2. The third-order valence-corrected chi connectivity index (χ3v) is 10.7. The maximum Gasteiger partial charge on any atom is 0.159 e. The summed E-state index contributed by atoms with van der Waals surface area (Å²) in [6.45, 7) is 5.03. The van der Waals surface area contributed by atoms with Crippen LogP contribution in [0.3, 0.4) is 0 Å². The molecular weight excluding hydrogens is 362 g/mol. The molecule has 0 amide bonds. The Kier molecular flexibility index (Phi) is 3.93. The summed E-state index contributed by atoms with van der Waals surface area (Å²) in [6.07, 6.45) is 13.0. The van der Waals surface area contributed by atoms with Crippen LogP contribution in [-0.2, 0) is 11.3 Å². The first-order chi connectivity index (χ1) is 13.9. The summed E-state index contributed by atoms with van der Waals surface area (Å²) in [4.78, 5) is 14.7. The Labute approximate surface area is 173 Å². The number of rotatable bonds is 3. The van der Waals surface area contributed by atoms with E-state index in [9.17, 15) is 9.90 Å². The van der Waals surface area contributed by atoms with Gasteiger partial charge in [0.2, 0.25) is 0 Å². The number of Topliss-reactive ketones (excluding diaryl/α,β-unsaturated/α-hetero) is 1. The molecule has 0 saturated heterocycles. The van der Waals surface area contributed by atoms with Gasteiger partial charge < -0.3 is 5.11 Å². The summed E-state index contributed by atoms with van der Waals surface area (Å²) in [5.41, 5.74) is -0.150. The number of ketones is 1. The number of aliphatic hydroxyl groups is 1. The van der Waals surface area contributed by atoms with Crippen molar-refractivity contribution >= 4 is 5.78 Å². The lowest BCUT2D eigenvalue weighted by Gasteiger charge is -2.56. The Balaban J connectivity index is 1.21. The zero-order valence-corrected chi connectivity index (χ0v) is 17.8. The van der Waals surface area contributed by atoms with Crippen LogP contribution in [0.15, 0.2) is 12.4 Å². The fourth-order valence-corrected chi connectivity index (χ4v) is 9.34. The summed E-state index contributed by atoms with van der Waals surface area (Å²) in [5.74, 6) is 5.56. The van der Waals surface area contributed by atoms with E-state index in [4.69, 9.17) is 0 Å². The quantitative estimate of drug-likeness (QED) is 0.844. The molecule has 0 radical (unpaired) electrons. The number of aromatic nitrogens is 3. The van der Waals surface area contributed by atoms with Gasteiger partial charge >= 0.3 is 0 Å².